The number of methoxy groups -OCH3 is 4. The van der Waals surface area contributed by atoms with Gasteiger partial charge in [-0.15, -0.1) is 0 Å². The summed E-state index contributed by atoms with van der Waals surface area (Å²) in [5.74, 6) is 2.67. The zero-order chi connectivity index (χ0) is 29.6. The summed E-state index contributed by atoms with van der Waals surface area (Å²) in [6, 6.07) is 25.7. The quantitative estimate of drug-likeness (QED) is 0.229. The summed E-state index contributed by atoms with van der Waals surface area (Å²) in [4.78, 5) is 23.7. The first-order valence-electron chi connectivity index (χ1n) is 12.9. The van der Waals surface area contributed by atoms with Gasteiger partial charge in [0, 0.05) is 34.0 Å². The molecular weight excluding hydrogens is 699 g/mol. The fourth-order valence-electron chi connectivity index (χ4n) is 4.63. The zero-order valence-corrected chi connectivity index (χ0v) is 28.7. The van der Waals surface area contributed by atoms with Crippen LogP contribution in [0.4, 0.5) is 0 Å². The maximum Gasteiger partial charge on any atom is 2.00 e. The average Bonchev–Trinajstić information content (AvgIpc) is 3.05. The van der Waals surface area contributed by atoms with Crippen molar-refractivity contribution in [1.29, 1.82) is 0 Å². The maximum atomic E-state index is 11.8. The minimum absolute atomic E-state index is 0. The fraction of sp³-hybridized carbons (Fsp3) is 0.125. The molecule has 0 saturated heterocycles. The van der Waals surface area contributed by atoms with Gasteiger partial charge in [-0.3, -0.25) is 9.59 Å². The SMILES string of the molecule is COc1ccc(-c2n[nH]c(=O)c3ccccc23)c(OC)c1.COc1ccc(-c2n[nH]c(=O)c3ccccc23)c(OC)c1.[Cl-].[Cl-].[Zr+2]. The molecule has 230 valence electrons. The van der Waals surface area contributed by atoms with Crippen LogP contribution in [-0.2, 0) is 26.2 Å². The van der Waals surface area contributed by atoms with Gasteiger partial charge in [0.2, 0.25) is 0 Å². The number of nitrogens with zero attached hydrogens (tertiary/aromatic N) is 2. The van der Waals surface area contributed by atoms with Crippen molar-refractivity contribution < 1.29 is 70.0 Å². The van der Waals surface area contributed by atoms with Crippen LogP contribution in [0.1, 0.15) is 0 Å². The number of fused-ring (bicyclic) bond motifs is 2. The monoisotopic (exact) mass is 724 g/mol. The molecule has 4 aromatic carbocycles. The molecule has 0 radical (unpaired) electrons. The molecule has 0 aliphatic carbocycles. The van der Waals surface area contributed by atoms with Crippen LogP contribution in [0.25, 0.3) is 44.1 Å². The van der Waals surface area contributed by atoms with Crippen molar-refractivity contribution in [3.8, 4) is 45.5 Å². The Bertz CT molecular complexity index is 1870. The number of aromatic amines is 2. The number of halogens is 2. The van der Waals surface area contributed by atoms with E-state index in [1.807, 2.05) is 60.7 Å². The van der Waals surface area contributed by atoms with Crippen molar-refractivity contribution in [2.75, 3.05) is 28.4 Å². The molecule has 2 aromatic heterocycles. The Hall–Kier alpha value is -4.18. The summed E-state index contributed by atoms with van der Waals surface area (Å²) in [6.07, 6.45) is 0. The third-order valence-corrected chi connectivity index (χ3v) is 6.72. The molecule has 10 nitrogen and oxygen atoms in total. The summed E-state index contributed by atoms with van der Waals surface area (Å²) in [6.45, 7) is 0. The topological polar surface area (TPSA) is 128 Å². The van der Waals surface area contributed by atoms with E-state index in [1.54, 1.807) is 52.7 Å². The number of hydrogen-bond acceptors (Lipinski definition) is 8. The Morgan fingerprint density at radius 3 is 1.20 bits per heavy atom. The standard InChI is InChI=1S/2C16H14N2O3.2ClH.Zr/c2*1-20-10-7-8-13(14(9-10)21-2)15-11-5-3-4-6-12(11)16(19)18-17-15;;;/h2*3-9H,1-2H3,(H,18,19);2*1H;/q;;;;+2/p-2. The Kier molecular flexibility index (Phi) is 13.8. The number of ether oxygens (including phenoxy) is 4. The van der Waals surface area contributed by atoms with E-state index in [9.17, 15) is 9.59 Å². The van der Waals surface area contributed by atoms with Crippen molar-refractivity contribution >= 4 is 21.5 Å². The van der Waals surface area contributed by atoms with Crippen molar-refractivity contribution in [1.82, 2.24) is 20.4 Å². The van der Waals surface area contributed by atoms with E-state index in [1.165, 1.54) is 0 Å². The van der Waals surface area contributed by atoms with Gasteiger partial charge in [0.1, 0.15) is 34.4 Å². The second kappa shape index (κ2) is 16.8. The van der Waals surface area contributed by atoms with Crippen LogP contribution >= 0.6 is 0 Å². The van der Waals surface area contributed by atoms with Gasteiger partial charge in [-0.2, -0.15) is 10.2 Å². The van der Waals surface area contributed by atoms with Crippen molar-refractivity contribution in [3.05, 3.63) is 106 Å². The average molecular weight is 727 g/mol. The normalized spacial score (nSPS) is 9.87. The Balaban J connectivity index is 0.000000294. The van der Waals surface area contributed by atoms with Crippen molar-refractivity contribution in [2.24, 2.45) is 0 Å². The van der Waals surface area contributed by atoms with Crippen LogP contribution in [0.5, 0.6) is 23.0 Å². The fourth-order valence-corrected chi connectivity index (χ4v) is 4.63. The molecule has 6 aromatic rings. The van der Waals surface area contributed by atoms with Crippen molar-refractivity contribution in [3.63, 3.8) is 0 Å². The number of H-pyrrole nitrogens is 2. The van der Waals surface area contributed by atoms with E-state index >= 15 is 0 Å². The van der Waals surface area contributed by atoms with Gasteiger partial charge in [0.05, 0.1) is 39.2 Å². The van der Waals surface area contributed by atoms with E-state index in [-0.39, 0.29) is 62.1 Å². The molecule has 0 amide bonds. The van der Waals surface area contributed by atoms with Gasteiger partial charge in [-0.25, -0.2) is 10.2 Å². The number of hydrogen-bond donors (Lipinski definition) is 2. The van der Waals surface area contributed by atoms with E-state index < -0.39 is 0 Å². The molecule has 0 fully saturated rings. The van der Waals surface area contributed by atoms with E-state index in [4.69, 9.17) is 18.9 Å². The van der Waals surface area contributed by atoms with Gasteiger partial charge in [-0.05, 0) is 36.4 Å². The maximum absolute atomic E-state index is 11.8. The number of benzene rings is 4. The summed E-state index contributed by atoms with van der Waals surface area (Å²) in [5.41, 5.74) is 2.52. The second-order valence-corrected chi connectivity index (χ2v) is 9.03. The first kappa shape index (κ1) is 37.0. The first-order chi connectivity index (χ1) is 20.5. The Labute approximate surface area is 290 Å². The summed E-state index contributed by atoms with van der Waals surface area (Å²) in [5, 5.41) is 16.2. The second-order valence-electron chi connectivity index (χ2n) is 9.03. The summed E-state index contributed by atoms with van der Waals surface area (Å²) >= 11 is 0. The molecule has 0 aliphatic rings. The molecule has 0 bridgehead atoms. The molecule has 2 N–H and O–H groups in total. The third kappa shape index (κ3) is 7.73. The van der Waals surface area contributed by atoms with Crippen LogP contribution in [0, 0.1) is 0 Å². The molecule has 2 heterocycles. The Morgan fingerprint density at radius 1 is 0.511 bits per heavy atom. The minimum atomic E-state index is -0.207. The van der Waals surface area contributed by atoms with Crippen molar-refractivity contribution in [2.45, 2.75) is 0 Å². The molecule has 6 rings (SSSR count). The number of nitrogens with one attached hydrogen (secondary N) is 2. The van der Waals surface area contributed by atoms with E-state index in [2.05, 4.69) is 20.4 Å². The van der Waals surface area contributed by atoms with Gasteiger partial charge < -0.3 is 43.8 Å². The zero-order valence-electron chi connectivity index (χ0n) is 24.7. The first-order valence-corrected chi connectivity index (χ1v) is 12.9. The third-order valence-electron chi connectivity index (χ3n) is 6.72. The summed E-state index contributed by atoms with van der Waals surface area (Å²) < 4.78 is 21.2. The van der Waals surface area contributed by atoms with Gasteiger partial charge in [0.15, 0.2) is 0 Å². The molecular formula is C32H28Cl2N4O6Zr. The smallest absolute Gasteiger partial charge is 1.00 e. The van der Waals surface area contributed by atoms with Crippen LogP contribution in [0.3, 0.4) is 0 Å². The largest absolute Gasteiger partial charge is 2.00 e. The van der Waals surface area contributed by atoms with Crippen LogP contribution in [0.15, 0.2) is 94.5 Å². The Morgan fingerprint density at radius 2 is 0.867 bits per heavy atom. The molecule has 45 heavy (non-hydrogen) atoms. The summed E-state index contributed by atoms with van der Waals surface area (Å²) in [7, 11) is 6.38. The molecule has 13 heteroatoms. The van der Waals surface area contributed by atoms with Gasteiger partial charge >= 0.3 is 26.2 Å². The number of rotatable bonds is 6. The molecule has 0 spiro atoms. The molecule has 0 unspecified atom stereocenters. The molecule has 0 aliphatic heterocycles. The van der Waals surface area contributed by atoms with E-state index in [0.29, 0.717) is 45.2 Å². The minimum Gasteiger partial charge on any atom is -1.00 e. The predicted octanol–water partition coefficient (Wildman–Crippen LogP) is -0.780. The van der Waals surface area contributed by atoms with Gasteiger partial charge in [-0.1, -0.05) is 36.4 Å². The van der Waals surface area contributed by atoms with E-state index in [0.717, 1.165) is 21.9 Å². The number of aromatic nitrogens is 4. The molecule has 0 saturated carbocycles. The van der Waals surface area contributed by atoms with Crippen LogP contribution in [-0.4, -0.2) is 48.8 Å². The molecule has 0 atom stereocenters. The van der Waals surface area contributed by atoms with Gasteiger partial charge in [0.25, 0.3) is 11.1 Å². The van der Waals surface area contributed by atoms with Crippen LogP contribution in [0.2, 0.25) is 0 Å². The van der Waals surface area contributed by atoms with Crippen LogP contribution < -0.4 is 54.9 Å². The predicted molar refractivity (Wildman–Crippen MR) is 162 cm³/mol.